The predicted molar refractivity (Wildman–Crippen MR) is 263 cm³/mol. The van der Waals surface area contributed by atoms with Crippen molar-refractivity contribution in [2.45, 2.75) is 117 Å². The number of H-pyrrole nitrogens is 2. The van der Waals surface area contributed by atoms with Crippen LogP contribution in [0.1, 0.15) is 122 Å². The Hall–Kier alpha value is -5.16. The van der Waals surface area contributed by atoms with E-state index in [0.717, 1.165) is 110 Å². The topological polar surface area (TPSA) is 66.6 Å². The second-order valence-corrected chi connectivity index (χ2v) is 20.9. The van der Waals surface area contributed by atoms with Crippen molar-refractivity contribution in [1.29, 1.82) is 0 Å². The van der Waals surface area contributed by atoms with Crippen molar-refractivity contribution in [1.82, 2.24) is 19.9 Å². The third kappa shape index (κ3) is 8.04. The van der Waals surface area contributed by atoms with Crippen molar-refractivity contribution in [3.63, 3.8) is 0 Å². The minimum Gasteiger partial charge on any atom is -0.486 e. The van der Waals surface area contributed by atoms with Crippen LogP contribution < -0.4 is 4.74 Å². The molecule has 4 saturated carbocycles. The molecule has 63 heavy (non-hydrogen) atoms. The van der Waals surface area contributed by atoms with Gasteiger partial charge < -0.3 is 14.7 Å². The molecule has 326 valence electrons. The Balaban J connectivity index is 1.04. The summed E-state index contributed by atoms with van der Waals surface area (Å²) in [4.78, 5) is 18.1. The average Bonchev–Trinajstić information content (AvgIpc) is 4.12. The van der Waals surface area contributed by atoms with E-state index in [1.165, 1.54) is 64.2 Å². The summed E-state index contributed by atoms with van der Waals surface area (Å²) in [5.74, 6) is 5.90. The lowest BCUT2D eigenvalue weighted by Crippen LogP contribution is -2.54. The Morgan fingerprint density at radius 3 is 2.32 bits per heavy atom. The first-order chi connectivity index (χ1) is 30.7. The van der Waals surface area contributed by atoms with E-state index in [9.17, 15) is 0 Å². The summed E-state index contributed by atoms with van der Waals surface area (Å²) in [7, 11) is 0. The second-order valence-electron chi connectivity index (χ2n) is 20.9. The van der Waals surface area contributed by atoms with Crippen LogP contribution in [-0.4, -0.2) is 26.0 Å². The van der Waals surface area contributed by atoms with Crippen LogP contribution in [0.25, 0.3) is 56.5 Å². The van der Waals surface area contributed by atoms with E-state index >= 15 is 0 Å². The highest BCUT2D eigenvalue weighted by Gasteiger charge is 2.60. The summed E-state index contributed by atoms with van der Waals surface area (Å²) in [5, 5.41) is 0. The van der Waals surface area contributed by atoms with Gasteiger partial charge in [0.1, 0.15) is 0 Å². The number of benzene rings is 2. The summed E-state index contributed by atoms with van der Waals surface area (Å²) < 4.78 is 7.46. The molecular formula is C58H68N4O. The molecule has 8 atom stereocenters. The fourth-order valence-corrected chi connectivity index (χ4v) is 13.7. The lowest BCUT2D eigenvalue weighted by Gasteiger charge is -2.61. The molecule has 5 nitrogen and oxygen atoms in total. The molecule has 3 aromatic heterocycles. The molecule has 5 aliphatic rings. The highest BCUT2D eigenvalue weighted by molar-refractivity contribution is 5.91. The minimum absolute atomic E-state index is 0.114. The molecule has 2 N–H and O–H groups in total. The maximum Gasteiger partial charge on any atom is 0.164 e. The Labute approximate surface area is 376 Å². The van der Waals surface area contributed by atoms with E-state index in [4.69, 9.17) is 14.7 Å². The molecule has 5 aromatic rings. The summed E-state index contributed by atoms with van der Waals surface area (Å²) in [5.41, 5.74) is 11.9. The van der Waals surface area contributed by atoms with Crippen LogP contribution in [0, 0.1) is 46.3 Å². The molecule has 2 aromatic carbocycles. The van der Waals surface area contributed by atoms with Gasteiger partial charge in [0.05, 0.1) is 28.7 Å². The van der Waals surface area contributed by atoms with E-state index in [2.05, 4.69) is 147 Å². The van der Waals surface area contributed by atoms with Crippen molar-refractivity contribution in [3.05, 3.63) is 127 Å². The fraction of sp³-hybridized carbons (Fsp3) is 0.448. The molecular weight excluding hydrogens is 769 g/mol. The van der Waals surface area contributed by atoms with Crippen molar-refractivity contribution < 1.29 is 4.74 Å². The van der Waals surface area contributed by atoms with Crippen LogP contribution in [-0.2, 0) is 6.42 Å². The molecule has 2 unspecified atom stereocenters. The van der Waals surface area contributed by atoms with Crippen LogP contribution >= 0.6 is 0 Å². The highest BCUT2D eigenvalue weighted by atomic mass is 16.5. The SMILES string of the molecule is C=CCc1ncc(-c2ccccc2)c2ccc(cc3nc(c(-c4ccccc4)c4ccc([nH]4)c1O[C@H]1CC[C@@]4(C)C(CC[C@@H]5[C@@H]4CC[C@]4(C)C(CCCC(C)C)CC[C@@H]54)C1)C=C3)[nH]2. The molecule has 5 heteroatoms. The van der Waals surface area contributed by atoms with Crippen molar-refractivity contribution in [2.24, 2.45) is 46.3 Å². The predicted octanol–water partition coefficient (Wildman–Crippen LogP) is 15.5. The van der Waals surface area contributed by atoms with Crippen LogP contribution in [0.2, 0.25) is 0 Å². The molecule has 0 amide bonds. The molecule has 0 saturated heterocycles. The lowest BCUT2D eigenvalue weighted by molar-refractivity contribution is -0.124. The van der Waals surface area contributed by atoms with E-state index in [1.54, 1.807) is 0 Å². The van der Waals surface area contributed by atoms with Gasteiger partial charge in [-0.15, -0.1) is 6.58 Å². The van der Waals surface area contributed by atoms with Gasteiger partial charge in [0.25, 0.3) is 0 Å². The fourth-order valence-electron chi connectivity index (χ4n) is 13.7. The number of aromatic amines is 2. The zero-order chi connectivity index (χ0) is 43.1. The molecule has 1 aliphatic heterocycles. The zero-order valence-corrected chi connectivity index (χ0v) is 38.2. The van der Waals surface area contributed by atoms with E-state index in [-0.39, 0.29) is 6.10 Å². The largest absolute Gasteiger partial charge is 0.486 e. The van der Waals surface area contributed by atoms with E-state index < -0.39 is 0 Å². The maximum absolute atomic E-state index is 7.46. The van der Waals surface area contributed by atoms with Gasteiger partial charge in [0.15, 0.2) is 5.75 Å². The van der Waals surface area contributed by atoms with Gasteiger partial charge in [0.2, 0.25) is 0 Å². The summed E-state index contributed by atoms with van der Waals surface area (Å²) in [6.07, 6.45) is 25.1. The number of hydrogen-bond acceptors (Lipinski definition) is 3. The Morgan fingerprint density at radius 2 is 1.52 bits per heavy atom. The number of fused-ring (bicyclic) bond motifs is 11. The molecule has 6 bridgehead atoms. The van der Waals surface area contributed by atoms with Crippen LogP contribution in [0.4, 0.5) is 0 Å². The first-order valence-electron chi connectivity index (χ1n) is 24.5. The molecule has 0 radical (unpaired) electrons. The van der Waals surface area contributed by atoms with Gasteiger partial charge in [-0.25, -0.2) is 4.98 Å². The quantitative estimate of drug-likeness (QED) is 0.135. The highest BCUT2D eigenvalue weighted by Crippen LogP contribution is 2.68. The van der Waals surface area contributed by atoms with Crippen molar-refractivity contribution in [3.8, 4) is 28.0 Å². The van der Waals surface area contributed by atoms with Gasteiger partial charge in [0, 0.05) is 40.3 Å². The number of hydrogen-bond donors (Lipinski definition) is 2. The number of allylic oxidation sites excluding steroid dienone is 1. The number of nitrogens with zero attached hydrogens (tertiary/aromatic N) is 2. The van der Waals surface area contributed by atoms with Crippen LogP contribution in [0.3, 0.4) is 0 Å². The number of rotatable bonds is 10. The smallest absolute Gasteiger partial charge is 0.164 e. The lowest BCUT2D eigenvalue weighted by atomic mass is 9.44. The van der Waals surface area contributed by atoms with Gasteiger partial charge in [-0.05, 0) is 164 Å². The molecule has 4 heterocycles. The molecule has 4 fully saturated rings. The molecule has 4 aliphatic carbocycles. The minimum atomic E-state index is 0.114. The van der Waals surface area contributed by atoms with E-state index in [1.807, 2.05) is 12.3 Å². The standard InChI is InChI=1S/C58H68N4O/c1-6-14-53-56(63-45-31-33-58(5)42(35-45)21-25-46-48-26-22-41(20-13-15-38(2)3)57(48,4)34-32-49(46)58)54-30-29-52(62-54)55(40-18-11-8-12-19-40)51-28-24-44(61-51)36-43-23-27-50(60-43)47(37-59-53)39-16-9-7-10-17-39/h6-12,16-19,23-24,27-30,36-38,41-42,45-46,48-49,60,62H,1,13-15,20-22,25-26,31-35H2,2-5H3/t41?,42?,45-,46-,48-,49-,57+,58-/m0/s1. The number of nitrogens with one attached hydrogen (secondary N) is 2. The Morgan fingerprint density at radius 1 is 0.778 bits per heavy atom. The summed E-state index contributed by atoms with van der Waals surface area (Å²) in [6.45, 7) is 14.4. The third-order valence-electron chi connectivity index (χ3n) is 16.9. The van der Waals surface area contributed by atoms with Gasteiger partial charge in [-0.3, -0.25) is 4.98 Å². The number of aromatic nitrogens is 4. The average molecular weight is 837 g/mol. The monoisotopic (exact) mass is 837 g/mol. The van der Waals surface area contributed by atoms with Crippen LogP contribution in [0.5, 0.6) is 5.75 Å². The summed E-state index contributed by atoms with van der Waals surface area (Å²) >= 11 is 0. The number of ether oxygens (including phenoxy) is 1. The van der Waals surface area contributed by atoms with E-state index in [0.29, 0.717) is 23.2 Å². The second kappa shape index (κ2) is 17.4. The van der Waals surface area contributed by atoms with Crippen molar-refractivity contribution in [2.75, 3.05) is 0 Å². The third-order valence-corrected chi connectivity index (χ3v) is 16.9. The zero-order valence-electron chi connectivity index (χ0n) is 38.2. The Kier molecular flexibility index (Phi) is 11.6. The van der Waals surface area contributed by atoms with Crippen molar-refractivity contribution >= 4 is 34.2 Å². The van der Waals surface area contributed by atoms with Gasteiger partial charge in [-0.1, -0.05) is 107 Å². The first kappa shape index (κ1) is 41.8. The molecule has 0 spiro atoms. The van der Waals surface area contributed by atoms with Gasteiger partial charge in [-0.2, -0.15) is 0 Å². The molecule has 10 rings (SSSR count). The van der Waals surface area contributed by atoms with Gasteiger partial charge >= 0.3 is 0 Å². The first-order valence-corrected chi connectivity index (χ1v) is 24.5. The summed E-state index contributed by atoms with van der Waals surface area (Å²) in [6, 6.07) is 31.9. The Bertz CT molecular complexity index is 2620. The van der Waals surface area contributed by atoms with Crippen LogP contribution in [0.15, 0.2) is 110 Å². The normalized spacial score (nSPS) is 28.0. The maximum atomic E-state index is 7.46.